The summed E-state index contributed by atoms with van der Waals surface area (Å²) in [7, 11) is 0. The number of piperidine rings is 1. The van der Waals surface area contributed by atoms with Gasteiger partial charge in [-0.3, -0.25) is 4.90 Å². The summed E-state index contributed by atoms with van der Waals surface area (Å²) in [5.41, 5.74) is 1.90. The van der Waals surface area contributed by atoms with Gasteiger partial charge in [-0.05, 0) is 18.6 Å². The summed E-state index contributed by atoms with van der Waals surface area (Å²) in [4.78, 5) is 12.4. The molecular weight excluding hydrogens is 327 g/mol. The Morgan fingerprint density at radius 1 is 1.25 bits per heavy atom. The molecule has 2 saturated heterocycles. The maximum Gasteiger partial charge on any atom is 0.449 e. The first-order valence-electron chi connectivity index (χ1n) is 7.98. The van der Waals surface area contributed by atoms with E-state index < -0.39 is 17.7 Å². The molecular formula is C15H18F3N3O3. The third-order valence-corrected chi connectivity index (χ3v) is 4.77. The van der Waals surface area contributed by atoms with Crippen molar-refractivity contribution in [2.24, 2.45) is 4.99 Å². The number of aliphatic imine (C=N–C) groups is 1. The highest BCUT2D eigenvalue weighted by atomic mass is 19.4. The molecule has 24 heavy (non-hydrogen) atoms. The molecule has 4 rings (SSSR count). The number of likely N-dealkylation sites (tertiary alicyclic amines) is 1. The number of nitrogens with zero attached hydrogens (tertiary/aromatic N) is 2. The lowest BCUT2D eigenvalue weighted by Gasteiger charge is -2.38. The Morgan fingerprint density at radius 2 is 2.04 bits per heavy atom. The lowest BCUT2D eigenvalue weighted by molar-refractivity contribution is -0.153. The third kappa shape index (κ3) is 2.91. The van der Waals surface area contributed by atoms with Crippen LogP contribution in [0, 0.1) is 0 Å². The lowest BCUT2D eigenvalue weighted by atomic mass is 9.99. The topological polar surface area (TPSA) is 59.2 Å². The Hall–Kier alpha value is -1.58. The van der Waals surface area contributed by atoms with Crippen molar-refractivity contribution < 1.29 is 27.2 Å². The molecule has 3 aliphatic heterocycles. The second-order valence-corrected chi connectivity index (χ2v) is 6.33. The minimum Gasteiger partial charge on any atom is -0.448 e. The number of amidine groups is 1. The molecule has 1 spiro atoms. The van der Waals surface area contributed by atoms with Crippen molar-refractivity contribution in [2.75, 3.05) is 26.3 Å². The van der Waals surface area contributed by atoms with Gasteiger partial charge in [-0.1, -0.05) is 0 Å². The maximum absolute atomic E-state index is 12.6. The summed E-state index contributed by atoms with van der Waals surface area (Å²) in [5, 5.41) is 0. The molecule has 0 radical (unpaired) electrons. The molecule has 4 heterocycles. The van der Waals surface area contributed by atoms with E-state index in [9.17, 15) is 13.2 Å². The Morgan fingerprint density at radius 3 is 2.67 bits per heavy atom. The average Bonchev–Trinajstić information content (AvgIpc) is 3.28. The number of halogens is 3. The zero-order valence-corrected chi connectivity index (χ0v) is 12.9. The molecule has 0 bridgehead atoms. The van der Waals surface area contributed by atoms with E-state index in [-0.39, 0.29) is 11.6 Å². The summed E-state index contributed by atoms with van der Waals surface area (Å²) in [6.45, 7) is 3.19. The minimum absolute atomic E-state index is 0.0332. The van der Waals surface area contributed by atoms with E-state index in [1.54, 1.807) is 0 Å². The van der Waals surface area contributed by atoms with Crippen molar-refractivity contribution in [3.05, 3.63) is 23.7 Å². The number of hydroxylamine groups is 1. The summed E-state index contributed by atoms with van der Waals surface area (Å²) in [6.07, 6.45) is -2.13. The molecule has 2 fully saturated rings. The monoisotopic (exact) mass is 345 g/mol. The van der Waals surface area contributed by atoms with Gasteiger partial charge in [0, 0.05) is 38.6 Å². The summed E-state index contributed by atoms with van der Waals surface area (Å²) >= 11 is 0. The molecule has 1 aromatic rings. The molecule has 0 aliphatic carbocycles. The van der Waals surface area contributed by atoms with Gasteiger partial charge in [0.15, 0.2) is 17.3 Å². The van der Waals surface area contributed by atoms with Gasteiger partial charge in [0.25, 0.3) is 0 Å². The standard InChI is InChI=1S/C15H18F3N3O3/c16-15(17,18)12-2-1-11(23-12)13-19-14(24-20-13)4-6-21(7-5-14)10-3-8-22-9-10/h1-2,10H,3-9H2,(H,19,20). The van der Waals surface area contributed by atoms with E-state index in [4.69, 9.17) is 14.0 Å². The Kier molecular flexibility index (Phi) is 3.81. The van der Waals surface area contributed by atoms with Crippen LogP contribution in [0.15, 0.2) is 21.5 Å². The fourth-order valence-corrected chi connectivity index (χ4v) is 3.38. The normalized spacial score (nSPS) is 27.5. The Labute approximate surface area is 136 Å². The predicted molar refractivity (Wildman–Crippen MR) is 77.2 cm³/mol. The van der Waals surface area contributed by atoms with Crippen molar-refractivity contribution in [1.29, 1.82) is 0 Å². The van der Waals surface area contributed by atoms with Crippen LogP contribution in [0.25, 0.3) is 0 Å². The zero-order valence-electron chi connectivity index (χ0n) is 12.9. The average molecular weight is 345 g/mol. The van der Waals surface area contributed by atoms with E-state index in [0.29, 0.717) is 18.9 Å². The fraction of sp³-hybridized carbons (Fsp3) is 0.667. The molecule has 6 nitrogen and oxygen atoms in total. The van der Waals surface area contributed by atoms with Crippen LogP contribution in [-0.4, -0.2) is 48.8 Å². The Balaban J connectivity index is 1.44. The third-order valence-electron chi connectivity index (χ3n) is 4.77. The zero-order chi connectivity index (χ0) is 16.8. The fourth-order valence-electron chi connectivity index (χ4n) is 3.38. The second kappa shape index (κ2) is 5.75. The first-order valence-corrected chi connectivity index (χ1v) is 7.98. The van der Waals surface area contributed by atoms with Crippen LogP contribution in [0.5, 0.6) is 0 Å². The lowest BCUT2D eigenvalue weighted by Crippen LogP contribution is -2.48. The van der Waals surface area contributed by atoms with Crippen LogP contribution in [0.3, 0.4) is 0 Å². The number of rotatable bonds is 2. The largest absolute Gasteiger partial charge is 0.449 e. The van der Waals surface area contributed by atoms with E-state index in [0.717, 1.165) is 38.8 Å². The van der Waals surface area contributed by atoms with Crippen molar-refractivity contribution in [3.8, 4) is 0 Å². The number of alkyl halides is 3. The molecule has 1 unspecified atom stereocenters. The van der Waals surface area contributed by atoms with Crippen LogP contribution < -0.4 is 5.48 Å². The highest BCUT2D eigenvalue weighted by Gasteiger charge is 2.43. The molecule has 1 N–H and O–H groups in total. The first kappa shape index (κ1) is 15.9. The van der Waals surface area contributed by atoms with E-state index >= 15 is 0 Å². The van der Waals surface area contributed by atoms with E-state index in [1.807, 2.05) is 0 Å². The number of hydrogen-bond acceptors (Lipinski definition) is 6. The van der Waals surface area contributed by atoms with Gasteiger partial charge in [-0.25, -0.2) is 15.3 Å². The summed E-state index contributed by atoms with van der Waals surface area (Å²) < 4.78 is 48.1. The van der Waals surface area contributed by atoms with Crippen LogP contribution in [0.2, 0.25) is 0 Å². The number of furan rings is 1. The van der Waals surface area contributed by atoms with Gasteiger partial charge >= 0.3 is 6.18 Å². The molecule has 0 saturated carbocycles. The maximum atomic E-state index is 12.6. The van der Waals surface area contributed by atoms with Crippen molar-refractivity contribution in [1.82, 2.24) is 10.4 Å². The van der Waals surface area contributed by atoms with Gasteiger partial charge in [0.1, 0.15) is 0 Å². The van der Waals surface area contributed by atoms with Crippen LogP contribution in [0.4, 0.5) is 13.2 Å². The predicted octanol–water partition coefficient (Wildman–Crippen LogP) is 2.16. The smallest absolute Gasteiger partial charge is 0.448 e. The quantitative estimate of drug-likeness (QED) is 0.890. The number of nitrogens with one attached hydrogen (secondary N) is 1. The van der Waals surface area contributed by atoms with Crippen molar-refractivity contribution >= 4 is 5.84 Å². The Bertz CT molecular complexity index is 629. The van der Waals surface area contributed by atoms with Crippen LogP contribution in [-0.2, 0) is 15.8 Å². The minimum atomic E-state index is -4.51. The molecule has 1 atom stereocenters. The van der Waals surface area contributed by atoms with E-state index in [1.165, 1.54) is 6.07 Å². The van der Waals surface area contributed by atoms with Gasteiger partial charge < -0.3 is 9.15 Å². The summed E-state index contributed by atoms with van der Waals surface area (Å²) in [5.74, 6) is -0.798. The van der Waals surface area contributed by atoms with Gasteiger partial charge in [0.05, 0.1) is 6.61 Å². The molecule has 0 aromatic carbocycles. The summed E-state index contributed by atoms with van der Waals surface area (Å²) in [6, 6.07) is 2.59. The van der Waals surface area contributed by atoms with Crippen molar-refractivity contribution in [3.63, 3.8) is 0 Å². The molecule has 9 heteroatoms. The van der Waals surface area contributed by atoms with Gasteiger partial charge in [0.2, 0.25) is 5.76 Å². The van der Waals surface area contributed by atoms with Gasteiger partial charge in [-0.2, -0.15) is 13.2 Å². The number of ether oxygens (including phenoxy) is 1. The molecule has 1 aromatic heterocycles. The molecule has 0 amide bonds. The number of hydrogen-bond donors (Lipinski definition) is 1. The highest BCUT2D eigenvalue weighted by Crippen LogP contribution is 2.34. The highest BCUT2D eigenvalue weighted by molar-refractivity contribution is 5.96. The van der Waals surface area contributed by atoms with Crippen LogP contribution in [0.1, 0.15) is 30.8 Å². The van der Waals surface area contributed by atoms with E-state index in [2.05, 4.69) is 15.4 Å². The van der Waals surface area contributed by atoms with Crippen molar-refractivity contribution in [2.45, 2.75) is 37.2 Å². The van der Waals surface area contributed by atoms with Gasteiger partial charge in [-0.15, -0.1) is 0 Å². The second-order valence-electron chi connectivity index (χ2n) is 6.33. The first-order chi connectivity index (χ1) is 11.5. The SMILES string of the molecule is FC(F)(F)c1ccc(C2=NC3(CCN(C4CCOC4)CC3)ON2)o1. The molecule has 132 valence electrons. The molecule has 3 aliphatic rings. The van der Waals surface area contributed by atoms with Crippen LogP contribution >= 0.6 is 0 Å².